The third-order valence-electron chi connectivity index (χ3n) is 3.76. The van der Waals surface area contributed by atoms with Gasteiger partial charge in [-0.3, -0.25) is 4.79 Å². The van der Waals surface area contributed by atoms with E-state index in [0.29, 0.717) is 19.0 Å². The molecule has 2 rings (SSSR count). The van der Waals surface area contributed by atoms with Gasteiger partial charge in [0.25, 0.3) is 0 Å². The highest BCUT2D eigenvalue weighted by Gasteiger charge is 2.45. The van der Waals surface area contributed by atoms with Crippen LogP contribution in [0.25, 0.3) is 0 Å². The lowest BCUT2D eigenvalue weighted by atomic mass is 9.92. The molecule has 98 valence electrons. The summed E-state index contributed by atoms with van der Waals surface area (Å²) in [5.74, 6) is -0.131. The normalized spacial score (nSPS) is 30.6. The number of carbonyl (C=O) groups is 1. The smallest absolute Gasteiger partial charge is 0.308 e. The molecule has 1 saturated carbocycles. The largest absolute Gasteiger partial charge is 0.481 e. The monoisotopic (exact) mass is 261 g/mol. The molecular formula is C11H19NO4S. The van der Waals surface area contributed by atoms with Gasteiger partial charge >= 0.3 is 5.97 Å². The molecule has 0 aromatic rings. The third-order valence-corrected chi connectivity index (χ3v) is 4.69. The average Bonchev–Trinajstić information content (AvgIpc) is 2.94. The Balaban J connectivity index is 1.92. The highest BCUT2D eigenvalue weighted by molar-refractivity contribution is 7.90. The van der Waals surface area contributed by atoms with Crippen LogP contribution in [0.5, 0.6) is 0 Å². The number of sulfone groups is 1. The summed E-state index contributed by atoms with van der Waals surface area (Å²) in [5, 5.41) is 9.16. The zero-order valence-corrected chi connectivity index (χ0v) is 10.8. The topological polar surface area (TPSA) is 74.7 Å². The maximum Gasteiger partial charge on any atom is 0.308 e. The second kappa shape index (κ2) is 4.57. The maximum absolute atomic E-state index is 11.1. The van der Waals surface area contributed by atoms with Gasteiger partial charge in [-0.15, -0.1) is 0 Å². The van der Waals surface area contributed by atoms with Crippen molar-refractivity contribution in [1.82, 2.24) is 4.90 Å². The van der Waals surface area contributed by atoms with E-state index >= 15 is 0 Å². The van der Waals surface area contributed by atoms with E-state index in [-0.39, 0.29) is 17.6 Å². The summed E-state index contributed by atoms with van der Waals surface area (Å²) in [6.07, 6.45) is 3.48. The van der Waals surface area contributed by atoms with Crippen LogP contribution >= 0.6 is 0 Å². The minimum Gasteiger partial charge on any atom is -0.481 e. The number of hydrogen-bond acceptors (Lipinski definition) is 4. The Morgan fingerprint density at radius 2 is 2.00 bits per heavy atom. The summed E-state index contributed by atoms with van der Waals surface area (Å²) >= 11 is 0. The molecule has 0 unspecified atom stereocenters. The number of aliphatic carboxylic acids is 1. The number of rotatable bonds is 5. The van der Waals surface area contributed by atoms with Crippen molar-refractivity contribution in [3.63, 3.8) is 0 Å². The van der Waals surface area contributed by atoms with Crippen LogP contribution in [0.1, 0.15) is 12.8 Å². The minimum atomic E-state index is -2.96. The fourth-order valence-corrected chi connectivity index (χ4v) is 3.24. The standard InChI is InChI=1S/C11H19NO4S/c1-17(15,16)5-4-12-6-9(8-2-3-8)10(7-12)11(13)14/h8-10H,2-7H2,1H3,(H,13,14)/t9-,10+/m0/s1. The van der Waals surface area contributed by atoms with Gasteiger partial charge in [-0.2, -0.15) is 0 Å². The van der Waals surface area contributed by atoms with Crippen LogP contribution in [0.3, 0.4) is 0 Å². The van der Waals surface area contributed by atoms with Crippen LogP contribution in [-0.2, 0) is 14.6 Å². The van der Waals surface area contributed by atoms with Crippen molar-refractivity contribution in [2.24, 2.45) is 17.8 Å². The van der Waals surface area contributed by atoms with Gasteiger partial charge in [-0.25, -0.2) is 8.42 Å². The van der Waals surface area contributed by atoms with Gasteiger partial charge in [0.15, 0.2) is 0 Å². The van der Waals surface area contributed by atoms with Crippen molar-refractivity contribution in [3.05, 3.63) is 0 Å². The van der Waals surface area contributed by atoms with Gasteiger partial charge in [0.2, 0.25) is 0 Å². The fraction of sp³-hybridized carbons (Fsp3) is 0.909. The maximum atomic E-state index is 11.1. The van der Waals surface area contributed by atoms with Crippen LogP contribution < -0.4 is 0 Å². The molecule has 0 radical (unpaired) electrons. The molecule has 1 heterocycles. The van der Waals surface area contributed by atoms with E-state index in [1.807, 2.05) is 4.90 Å². The van der Waals surface area contributed by atoms with Crippen LogP contribution in [0.2, 0.25) is 0 Å². The minimum absolute atomic E-state index is 0.122. The molecule has 0 aromatic carbocycles. The van der Waals surface area contributed by atoms with Crippen molar-refractivity contribution in [2.75, 3.05) is 31.6 Å². The molecule has 2 aliphatic rings. The highest BCUT2D eigenvalue weighted by atomic mass is 32.2. The predicted molar refractivity (Wildman–Crippen MR) is 63.5 cm³/mol. The molecule has 1 saturated heterocycles. The van der Waals surface area contributed by atoms with Crippen molar-refractivity contribution in [3.8, 4) is 0 Å². The summed E-state index contributed by atoms with van der Waals surface area (Å²) in [6, 6.07) is 0. The molecule has 1 aliphatic carbocycles. The fourth-order valence-electron chi connectivity index (χ4n) is 2.65. The molecular weight excluding hydrogens is 242 g/mol. The summed E-state index contributed by atoms with van der Waals surface area (Å²) in [7, 11) is -2.96. The lowest BCUT2D eigenvalue weighted by molar-refractivity contribution is -0.142. The first kappa shape index (κ1) is 12.8. The Labute approximate surface area is 102 Å². The first-order valence-corrected chi connectivity index (χ1v) is 8.06. The van der Waals surface area contributed by atoms with Gasteiger partial charge < -0.3 is 10.0 Å². The van der Waals surface area contributed by atoms with Crippen molar-refractivity contribution >= 4 is 15.8 Å². The second-order valence-corrected chi connectivity index (χ2v) is 7.60. The molecule has 1 N–H and O–H groups in total. The van der Waals surface area contributed by atoms with E-state index in [4.69, 9.17) is 5.11 Å². The van der Waals surface area contributed by atoms with Crippen LogP contribution in [0.4, 0.5) is 0 Å². The number of carboxylic acids is 1. The van der Waals surface area contributed by atoms with E-state index < -0.39 is 15.8 Å². The first-order chi connectivity index (χ1) is 7.87. The third kappa shape index (κ3) is 3.42. The Kier molecular flexibility index (Phi) is 3.45. The van der Waals surface area contributed by atoms with Crippen LogP contribution in [0, 0.1) is 17.8 Å². The van der Waals surface area contributed by atoms with Gasteiger partial charge in [0.05, 0.1) is 11.7 Å². The van der Waals surface area contributed by atoms with Crippen LogP contribution in [0.15, 0.2) is 0 Å². The lowest BCUT2D eigenvalue weighted by Gasteiger charge is -2.14. The second-order valence-electron chi connectivity index (χ2n) is 5.34. The molecule has 17 heavy (non-hydrogen) atoms. The predicted octanol–water partition coefficient (Wildman–Crippen LogP) is 0.0736. The zero-order chi connectivity index (χ0) is 12.6. The molecule has 0 aromatic heterocycles. The van der Waals surface area contributed by atoms with Crippen molar-refractivity contribution in [1.29, 1.82) is 0 Å². The Morgan fingerprint density at radius 1 is 1.35 bits per heavy atom. The highest BCUT2D eigenvalue weighted by Crippen LogP contribution is 2.43. The number of nitrogens with zero attached hydrogens (tertiary/aromatic N) is 1. The van der Waals surface area contributed by atoms with Crippen molar-refractivity contribution in [2.45, 2.75) is 12.8 Å². The van der Waals surface area contributed by atoms with Gasteiger partial charge in [-0.05, 0) is 24.7 Å². The number of carboxylic acid groups (broad SMARTS) is 1. The molecule has 0 amide bonds. The number of hydrogen-bond donors (Lipinski definition) is 1. The first-order valence-electron chi connectivity index (χ1n) is 6.00. The molecule has 5 nitrogen and oxygen atoms in total. The Morgan fingerprint density at radius 3 is 2.47 bits per heavy atom. The van der Waals surface area contributed by atoms with E-state index in [1.54, 1.807) is 0 Å². The SMILES string of the molecule is CS(=O)(=O)CCN1C[C@@H](C(=O)O)[C@H](C2CC2)C1. The summed E-state index contributed by atoms with van der Waals surface area (Å²) in [4.78, 5) is 13.1. The van der Waals surface area contributed by atoms with Crippen molar-refractivity contribution < 1.29 is 18.3 Å². The summed E-state index contributed by atoms with van der Waals surface area (Å²) in [5.41, 5.74) is 0. The summed E-state index contributed by atoms with van der Waals surface area (Å²) in [6.45, 7) is 1.72. The zero-order valence-electron chi connectivity index (χ0n) is 10.0. The average molecular weight is 261 g/mol. The Hall–Kier alpha value is -0.620. The molecule has 2 atom stereocenters. The number of likely N-dealkylation sites (tertiary alicyclic amines) is 1. The lowest BCUT2D eigenvalue weighted by Crippen LogP contribution is -2.28. The van der Waals surface area contributed by atoms with E-state index in [2.05, 4.69) is 0 Å². The van der Waals surface area contributed by atoms with E-state index in [0.717, 1.165) is 19.4 Å². The molecule has 1 aliphatic heterocycles. The summed E-state index contributed by atoms with van der Waals surface area (Å²) < 4.78 is 22.2. The van der Waals surface area contributed by atoms with Gasteiger partial charge in [0, 0.05) is 25.9 Å². The van der Waals surface area contributed by atoms with Gasteiger partial charge in [0.1, 0.15) is 9.84 Å². The Bertz CT molecular complexity index is 402. The molecule has 6 heteroatoms. The van der Waals surface area contributed by atoms with Crippen LogP contribution in [-0.4, -0.2) is 56.0 Å². The van der Waals surface area contributed by atoms with E-state index in [9.17, 15) is 13.2 Å². The van der Waals surface area contributed by atoms with E-state index in [1.165, 1.54) is 6.26 Å². The quantitative estimate of drug-likeness (QED) is 0.758. The molecule has 0 bridgehead atoms. The van der Waals surface area contributed by atoms with Gasteiger partial charge in [-0.1, -0.05) is 0 Å². The molecule has 0 spiro atoms. The molecule has 2 fully saturated rings.